The Balaban J connectivity index is 1.48. The molecule has 2 aliphatic rings. The predicted octanol–water partition coefficient (Wildman–Crippen LogP) is 6.43. The van der Waals surface area contributed by atoms with Crippen LogP contribution in [0.4, 0.5) is 4.79 Å². The largest absolute Gasteiger partial charge is 0.335 e. The Labute approximate surface area is 206 Å². The smallest absolute Gasteiger partial charge is 0.315 e. The van der Waals surface area contributed by atoms with Crippen molar-refractivity contribution in [1.29, 1.82) is 0 Å². The fourth-order valence-corrected chi connectivity index (χ4v) is 5.62. The molecule has 1 aliphatic carbocycles. The number of rotatable bonds is 7. The van der Waals surface area contributed by atoms with Crippen LogP contribution in [0.15, 0.2) is 48.5 Å². The minimum atomic E-state index is -0.00141. The van der Waals surface area contributed by atoms with E-state index in [1.807, 2.05) is 0 Å². The zero-order valence-corrected chi connectivity index (χ0v) is 21.4. The van der Waals surface area contributed by atoms with Crippen molar-refractivity contribution in [2.75, 3.05) is 6.54 Å². The molecular weight excluding hydrogens is 418 g/mol. The van der Waals surface area contributed by atoms with E-state index in [1.165, 1.54) is 41.5 Å². The van der Waals surface area contributed by atoms with Crippen LogP contribution in [0.5, 0.6) is 0 Å². The first-order valence-electron chi connectivity index (χ1n) is 13.4. The molecule has 184 valence electrons. The molecule has 4 heteroatoms. The molecule has 1 heterocycles. The first kappa shape index (κ1) is 24.8. The van der Waals surface area contributed by atoms with Gasteiger partial charge in [-0.05, 0) is 53.4 Å². The Morgan fingerprint density at radius 3 is 1.71 bits per heavy atom. The van der Waals surface area contributed by atoms with Gasteiger partial charge in [-0.1, -0.05) is 95.5 Å². The van der Waals surface area contributed by atoms with Gasteiger partial charge in [0.05, 0.1) is 0 Å². The summed E-state index contributed by atoms with van der Waals surface area (Å²) in [6, 6.07) is 19.1. The lowest BCUT2D eigenvalue weighted by molar-refractivity contribution is 0.229. The average Bonchev–Trinajstić information content (AvgIpc) is 3.28. The van der Waals surface area contributed by atoms with Crippen LogP contribution in [0, 0.1) is 0 Å². The van der Waals surface area contributed by atoms with Gasteiger partial charge in [0.15, 0.2) is 0 Å². The Morgan fingerprint density at radius 2 is 1.21 bits per heavy atom. The number of hydrogen-bond acceptors (Lipinski definition) is 2. The maximum atomic E-state index is 12.6. The molecule has 4 nitrogen and oxygen atoms in total. The number of carbonyl (C=O) groups is 1. The van der Waals surface area contributed by atoms with Gasteiger partial charge in [-0.2, -0.15) is 0 Å². The molecule has 1 saturated heterocycles. The van der Waals surface area contributed by atoms with Crippen LogP contribution in [-0.2, 0) is 0 Å². The first-order chi connectivity index (χ1) is 16.4. The van der Waals surface area contributed by atoms with Crippen molar-refractivity contribution in [1.82, 2.24) is 16.0 Å². The normalized spacial score (nSPS) is 21.4. The van der Waals surface area contributed by atoms with Gasteiger partial charge in [0.25, 0.3) is 0 Å². The third-order valence-corrected chi connectivity index (χ3v) is 7.77. The highest BCUT2D eigenvalue weighted by molar-refractivity contribution is 5.74. The maximum Gasteiger partial charge on any atom is 0.315 e. The van der Waals surface area contributed by atoms with E-state index in [2.05, 4.69) is 92.2 Å². The van der Waals surface area contributed by atoms with Crippen molar-refractivity contribution in [2.45, 2.75) is 102 Å². The number of carbonyl (C=O) groups excluding carboxylic acids is 1. The summed E-state index contributed by atoms with van der Waals surface area (Å²) in [4.78, 5) is 12.6. The van der Waals surface area contributed by atoms with E-state index in [1.54, 1.807) is 0 Å². The number of urea groups is 1. The van der Waals surface area contributed by atoms with Gasteiger partial charge in [0.2, 0.25) is 0 Å². The van der Waals surface area contributed by atoms with E-state index in [9.17, 15) is 4.79 Å². The highest BCUT2D eigenvalue weighted by Crippen LogP contribution is 2.34. The van der Waals surface area contributed by atoms with Gasteiger partial charge in [-0.25, -0.2) is 4.79 Å². The summed E-state index contributed by atoms with van der Waals surface area (Å²) in [5.74, 6) is 1.31. The minimum absolute atomic E-state index is 0.00141. The van der Waals surface area contributed by atoms with E-state index >= 15 is 0 Å². The van der Waals surface area contributed by atoms with Crippen LogP contribution < -0.4 is 16.0 Å². The Bertz CT molecular complexity index is 862. The molecule has 2 aromatic rings. The second-order valence-electron chi connectivity index (χ2n) is 11.0. The fourth-order valence-electron chi connectivity index (χ4n) is 5.62. The standard InChI is InChI=1S/C30H43N3O/c1-20(2)22-10-14-24(15-11-22)29(25-16-12-23(13-17-25)21(3)4)28-18-27(19-31-28)33-30(34)32-26-8-6-5-7-9-26/h10-17,20-21,26-29,31H,5-9,18-19H2,1-4H3,(H2,32,33,34)/t27-,28-/m1/s1. The van der Waals surface area contributed by atoms with Crippen LogP contribution in [0.3, 0.4) is 0 Å². The Hall–Kier alpha value is -2.33. The van der Waals surface area contributed by atoms with Crippen LogP contribution in [0.1, 0.15) is 106 Å². The van der Waals surface area contributed by atoms with Gasteiger partial charge in [-0.15, -0.1) is 0 Å². The molecule has 34 heavy (non-hydrogen) atoms. The third-order valence-electron chi connectivity index (χ3n) is 7.77. The summed E-state index contributed by atoms with van der Waals surface area (Å²) in [5, 5.41) is 10.2. The molecule has 0 spiro atoms. The topological polar surface area (TPSA) is 53.2 Å². The summed E-state index contributed by atoms with van der Waals surface area (Å²) in [6.45, 7) is 9.77. The molecule has 1 saturated carbocycles. The van der Waals surface area contributed by atoms with Gasteiger partial charge in [-0.3, -0.25) is 0 Å². The molecule has 2 fully saturated rings. The quantitative estimate of drug-likeness (QED) is 0.445. The molecule has 1 aliphatic heterocycles. The van der Waals surface area contributed by atoms with Crippen molar-refractivity contribution in [3.8, 4) is 0 Å². The zero-order chi connectivity index (χ0) is 24.1. The molecule has 0 unspecified atom stereocenters. The lowest BCUT2D eigenvalue weighted by Gasteiger charge is -2.26. The predicted molar refractivity (Wildman–Crippen MR) is 142 cm³/mol. The van der Waals surface area contributed by atoms with Crippen molar-refractivity contribution < 1.29 is 4.79 Å². The number of nitrogens with one attached hydrogen (secondary N) is 3. The summed E-state index contributed by atoms with van der Waals surface area (Å²) >= 11 is 0. The van der Waals surface area contributed by atoms with Gasteiger partial charge >= 0.3 is 6.03 Å². The second-order valence-corrected chi connectivity index (χ2v) is 11.0. The lowest BCUT2D eigenvalue weighted by atomic mass is 9.82. The second kappa shape index (κ2) is 11.4. The van der Waals surface area contributed by atoms with E-state index in [4.69, 9.17) is 0 Å². The molecule has 0 aromatic heterocycles. The number of amides is 2. The zero-order valence-electron chi connectivity index (χ0n) is 21.4. The van der Waals surface area contributed by atoms with Crippen LogP contribution >= 0.6 is 0 Å². The molecular formula is C30H43N3O. The van der Waals surface area contributed by atoms with Crippen molar-refractivity contribution in [3.63, 3.8) is 0 Å². The van der Waals surface area contributed by atoms with E-state index < -0.39 is 0 Å². The summed E-state index contributed by atoms with van der Waals surface area (Å²) in [5.41, 5.74) is 5.42. The molecule has 0 radical (unpaired) electrons. The fraction of sp³-hybridized carbons (Fsp3) is 0.567. The number of benzene rings is 2. The van der Waals surface area contributed by atoms with Gasteiger partial charge in [0.1, 0.15) is 0 Å². The molecule has 2 aromatic carbocycles. The molecule has 3 N–H and O–H groups in total. The van der Waals surface area contributed by atoms with Crippen molar-refractivity contribution in [3.05, 3.63) is 70.8 Å². The highest BCUT2D eigenvalue weighted by atomic mass is 16.2. The van der Waals surface area contributed by atoms with Crippen LogP contribution in [0.2, 0.25) is 0 Å². The van der Waals surface area contributed by atoms with E-state index in [0.29, 0.717) is 17.9 Å². The molecule has 0 bridgehead atoms. The van der Waals surface area contributed by atoms with E-state index in [-0.39, 0.29) is 24.0 Å². The number of hydrogen-bond donors (Lipinski definition) is 3. The molecule has 4 rings (SSSR count). The summed E-state index contributed by atoms with van der Waals surface area (Å²) in [7, 11) is 0. The first-order valence-corrected chi connectivity index (χ1v) is 13.4. The molecule has 2 atom stereocenters. The third kappa shape index (κ3) is 6.21. The molecule has 2 amide bonds. The monoisotopic (exact) mass is 461 g/mol. The summed E-state index contributed by atoms with van der Waals surface area (Å²) in [6.07, 6.45) is 6.90. The Morgan fingerprint density at radius 1 is 0.735 bits per heavy atom. The summed E-state index contributed by atoms with van der Waals surface area (Å²) < 4.78 is 0. The van der Waals surface area contributed by atoms with Crippen LogP contribution in [0.25, 0.3) is 0 Å². The van der Waals surface area contributed by atoms with Gasteiger partial charge < -0.3 is 16.0 Å². The minimum Gasteiger partial charge on any atom is -0.335 e. The Kier molecular flexibility index (Phi) is 8.31. The van der Waals surface area contributed by atoms with Crippen molar-refractivity contribution in [2.24, 2.45) is 0 Å². The maximum absolute atomic E-state index is 12.6. The van der Waals surface area contributed by atoms with E-state index in [0.717, 1.165) is 25.8 Å². The SMILES string of the molecule is CC(C)c1ccc(C(c2ccc(C(C)C)cc2)[C@H]2C[C@@H](NC(=O)NC3CCCCC3)CN2)cc1. The highest BCUT2D eigenvalue weighted by Gasteiger charge is 2.33. The lowest BCUT2D eigenvalue weighted by Crippen LogP contribution is -2.47. The average molecular weight is 462 g/mol. The van der Waals surface area contributed by atoms with Crippen LogP contribution in [-0.4, -0.2) is 30.7 Å². The van der Waals surface area contributed by atoms with Gasteiger partial charge in [0, 0.05) is 30.6 Å². The van der Waals surface area contributed by atoms with Crippen molar-refractivity contribution >= 4 is 6.03 Å².